The highest BCUT2D eigenvalue weighted by Gasteiger charge is 2.40. The summed E-state index contributed by atoms with van der Waals surface area (Å²) in [7, 11) is -4.66. The first-order valence-electron chi connectivity index (χ1n) is 5.75. The van der Waals surface area contributed by atoms with E-state index in [4.69, 9.17) is 17.1 Å². The molecule has 0 aromatic carbocycles. The molecule has 0 rings (SSSR count). The number of rotatable bonds is 9. The lowest BCUT2D eigenvalue weighted by molar-refractivity contribution is -0.138. The maximum Gasteiger partial charge on any atom is 0.508 e. The highest BCUT2D eigenvalue weighted by atomic mass is 28.5. The Bertz CT molecular complexity index is 243. The van der Waals surface area contributed by atoms with E-state index in [2.05, 4.69) is 6.58 Å². The molecule has 17 heavy (non-hydrogen) atoms. The topological polar surface area (TPSA) is 54.0 Å². The molecule has 0 saturated carbocycles. The maximum absolute atomic E-state index is 11.4. The lowest BCUT2D eigenvalue weighted by Crippen LogP contribution is -2.53. The van der Waals surface area contributed by atoms with Crippen molar-refractivity contribution in [2.24, 2.45) is 0 Å². The first kappa shape index (κ1) is 17.0. The molecule has 0 amide bonds. The Balaban J connectivity index is 4.53. The Morgan fingerprint density at radius 3 is 1.82 bits per heavy atom. The molecular weight excluding hydrogens is 288 g/mol. The smallest absolute Gasteiger partial charge is 0.458 e. The van der Waals surface area contributed by atoms with Crippen LogP contribution in [0, 0.1) is 0 Å². The summed E-state index contributed by atoms with van der Waals surface area (Å²) in [6.45, 7) is 11.2. The van der Waals surface area contributed by atoms with Gasteiger partial charge in [0.25, 0.3) is 0 Å². The summed E-state index contributed by atoms with van der Waals surface area (Å²) >= 11 is 0. The highest BCUT2D eigenvalue weighted by Crippen LogP contribution is 2.10. The molecule has 0 spiro atoms. The minimum atomic E-state index is -2.70. The van der Waals surface area contributed by atoms with Crippen molar-refractivity contribution < 1.29 is 21.9 Å². The van der Waals surface area contributed by atoms with Crippen LogP contribution in [0.15, 0.2) is 12.2 Å². The van der Waals surface area contributed by atoms with Gasteiger partial charge in [-0.25, -0.2) is 4.79 Å². The van der Waals surface area contributed by atoms with E-state index >= 15 is 0 Å². The minimum Gasteiger partial charge on any atom is -0.458 e. The summed E-state index contributed by atoms with van der Waals surface area (Å²) in [5.74, 6) is -0.411. The predicted molar refractivity (Wildman–Crippen MR) is 78.0 cm³/mol. The molecule has 5 nitrogen and oxygen atoms in total. The van der Waals surface area contributed by atoms with Gasteiger partial charge in [-0.2, -0.15) is 0 Å². The second-order valence-electron chi connectivity index (χ2n) is 3.34. The number of carbonyl (C=O) groups excluding carboxylic acids is 1. The van der Waals surface area contributed by atoms with E-state index in [1.165, 1.54) is 0 Å². The second kappa shape index (κ2) is 8.96. The van der Waals surface area contributed by atoms with Crippen LogP contribution in [0.1, 0.15) is 6.92 Å². The van der Waals surface area contributed by atoms with Crippen LogP contribution in [0.2, 0.25) is 19.6 Å². The van der Waals surface area contributed by atoms with Gasteiger partial charge in [0.05, 0.1) is 0 Å². The summed E-state index contributed by atoms with van der Waals surface area (Å²) in [5.41, 5.74) is 0.379. The first-order chi connectivity index (χ1) is 8.01. The van der Waals surface area contributed by atoms with Gasteiger partial charge in [-0.3, -0.25) is 0 Å². The maximum atomic E-state index is 11.4. The van der Waals surface area contributed by atoms with E-state index < -0.39 is 44.1 Å². The Morgan fingerprint density at radius 2 is 1.53 bits per heavy atom. The third-order valence-corrected chi connectivity index (χ3v) is 11.1. The number of esters is 1. The van der Waals surface area contributed by atoms with Crippen molar-refractivity contribution in [3.05, 3.63) is 12.2 Å². The van der Waals surface area contributed by atoms with Gasteiger partial charge in [0, 0.05) is 5.57 Å². The van der Waals surface area contributed by atoms with Gasteiger partial charge in [-0.05, 0) is 6.92 Å². The number of carbonyl (C=O) groups is 1. The summed E-state index contributed by atoms with van der Waals surface area (Å²) in [6, 6.07) is 0. The van der Waals surface area contributed by atoms with E-state index in [9.17, 15) is 4.79 Å². The van der Waals surface area contributed by atoms with Crippen molar-refractivity contribution in [3.63, 3.8) is 0 Å². The fraction of sp³-hybridized carbons (Fsp3) is 0.625. The number of hydrogen-bond donors (Lipinski definition) is 0. The standard InChI is InChI=1S/C8H22O5Si4/c1-7(2)8(9)10-6-17(11-14-3,12-15-4)13-16-5/h1,6,14-16H2,2-5H3. The summed E-state index contributed by atoms with van der Waals surface area (Å²) in [5, 5.41) is 0. The second-order valence-corrected chi connectivity index (χ2v) is 10.2. The molecule has 0 N–H and O–H groups in total. The molecule has 0 aliphatic rings. The zero-order valence-corrected chi connectivity index (χ0v) is 16.3. The van der Waals surface area contributed by atoms with Gasteiger partial charge in [0.15, 0.2) is 6.23 Å². The molecule has 0 aromatic rings. The SMILES string of the molecule is C=C(C)C(=O)OC[Si](O[SiH2]C)(O[SiH2]C)O[SiH2]C. The molecule has 0 unspecified atom stereocenters. The van der Waals surface area contributed by atoms with Crippen molar-refractivity contribution in [2.45, 2.75) is 26.6 Å². The lowest BCUT2D eigenvalue weighted by atomic mass is 10.4. The molecule has 0 bridgehead atoms. The average molecular weight is 311 g/mol. The Kier molecular flexibility index (Phi) is 8.94. The molecule has 0 radical (unpaired) electrons. The van der Waals surface area contributed by atoms with Crippen molar-refractivity contribution in [3.8, 4) is 0 Å². The summed E-state index contributed by atoms with van der Waals surface area (Å²) in [6.07, 6.45) is 0.126. The zero-order chi connectivity index (χ0) is 13.3. The van der Waals surface area contributed by atoms with E-state index in [-0.39, 0.29) is 6.23 Å². The average Bonchev–Trinajstić information content (AvgIpc) is 2.27. The fourth-order valence-electron chi connectivity index (χ4n) is 1.19. The lowest BCUT2D eigenvalue weighted by Gasteiger charge is -2.29. The molecule has 0 aromatic heterocycles. The third-order valence-electron chi connectivity index (χ3n) is 1.82. The van der Waals surface area contributed by atoms with Crippen molar-refractivity contribution in [2.75, 3.05) is 6.23 Å². The number of ether oxygens (including phenoxy) is 1. The molecule has 100 valence electrons. The zero-order valence-electron chi connectivity index (χ0n) is 11.1. The van der Waals surface area contributed by atoms with Crippen molar-refractivity contribution in [1.29, 1.82) is 0 Å². The monoisotopic (exact) mass is 310 g/mol. The van der Waals surface area contributed by atoms with E-state index in [0.717, 1.165) is 0 Å². The van der Waals surface area contributed by atoms with Crippen LogP contribution >= 0.6 is 0 Å². The largest absolute Gasteiger partial charge is 0.508 e. The quantitative estimate of drug-likeness (QED) is 0.312. The van der Waals surface area contributed by atoms with Crippen molar-refractivity contribution in [1.82, 2.24) is 0 Å². The van der Waals surface area contributed by atoms with Crippen molar-refractivity contribution >= 4 is 44.1 Å². The summed E-state index contributed by atoms with van der Waals surface area (Å²) < 4.78 is 22.4. The predicted octanol–water partition coefficient (Wildman–Crippen LogP) is -0.971. The van der Waals surface area contributed by atoms with Crippen LogP contribution in [0.5, 0.6) is 0 Å². The molecule has 0 saturated heterocycles. The molecule has 0 fully saturated rings. The Labute approximate surface area is 111 Å². The van der Waals surface area contributed by atoms with Crippen LogP contribution in [-0.4, -0.2) is 50.3 Å². The first-order valence-corrected chi connectivity index (χ1v) is 13.7. The van der Waals surface area contributed by atoms with Crippen LogP contribution in [-0.2, 0) is 21.9 Å². The van der Waals surface area contributed by atoms with Gasteiger partial charge in [-0.1, -0.05) is 26.2 Å². The van der Waals surface area contributed by atoms with Crippen LogP contribution in [0.4, 0.5) is 0 Å². The van der Waals surface area contributed by atoms with Gasteiger partial charge in [-0.15, -0.1) is 0 Å². The molecule has 0 atom stereocenters. The summed E-state index contributed by atoms with van der Waals surface area (Å²) in [4.78, 5) is 11.4. The third kappa shape index (κ3) is 6.45. The molecule has 0 heterocycles. The highest BCUT2D eigenvalue weighted by molar-refractivity contribution is 6.73. The van der Waals surface area contributed by atoms with E-state index in [0.29, 0.717) is 5.57 Å². The van der Waals surface area contributed by atoms with E-state index in [1.54, 1.807) is 6.92 Å². The van der Waals surface area contributed by atoms with E-state index in [1.807, 2.05) is 19.6 Å². The van der Waals surface area contributed by atoms with Gasteiger partial charge < -0.3 is 17.1 Å². The van der Waals surface area contributed by atoms with Gasteiger partial charge in [0.2, 0.25) is 0 Å². The fourth-order valence-corrected chi connectivity index (χ4v) is 11.0. The molecule has 0 aliphatic carbocycles. The van der Waals surface area contributed by atoms with Gasteiger partial charge >= 0.3 is 14.8 Å². The molecule has 0 aliphatic heterocycles. The Hall–Kier alpha value is -0.0425. The Morgan fingerprint density at radius 1 is 1.12 bits per heavy atom. The molecular formula is C8H22O5Si4. The van der Waals surface area contributed by atoms with Crippen LogP contribution in [0.3, 0.4) is 0 Å². The van der Waals surface area contributed by atoms with Gasteiger partial charge in [0.1, 0.15) is 29.3 Å². The molecule has 9 heteroatoms. The number of hydrogen-bond acceptors (Lipinski definition) is 5. The minimum absolute atomic E-state index is 0.126. The van der Waals surface area contributed by atoms with Crippen LogP contribution in [0.25, 0.3) is 0 Å². The normalized spacial score (nSPS) is 16.2. The van der Waals surface area contributed by atoms with Crippen LogP contribution < -0.4 is 0 Å².